The monoisotopic (exact) mass is 303 g/mol. The summed E-state index contributed by atoms with van der Waals surface area (Å²) in [7, 11) is 0. The molecule has 0 fully saturated rings. The van der Waals surface area contributed by atoms with Crippen LogP contribution in [0.15, 0.2) is 22.8 Å². The number of fused-ring (bicyclic) bond motifs is 1. The summed E-state index contributed by atoms with van der Waals surface area (Å²) in [5.41, 5.74) is 4.23. The van der Waals surface area contributed by atoms with Crippen LogP contribution in [0.5, 0.6) is 0 Å². The molecule has 1 aromatic heterocycles. The second kappa shape index (κ2) is 6.97. The van der Waals surface area contributed by atoms with Gasteiger partial charge in [0.05, 0.1) is 12.7 Å². The minimum absolute atomic E-state index is 0.0239. The molecule has 2 N–H and O–H groups in total. The van der Waals surface area contributed by atoms with Crippen molar-refractivity contribution in [3.63, 3.8) is 0 Å². The highest BCUT2D eigenvalue weighted by Gasteiger charge is 2.15. The summed E-state index contributed by atoms with van der Waals surface area (Å²) in [6, 6.07) is 4.16. The number of aryl methyl sites for hydroxylation is 1. The molecule has 0 aliphatic rings. The number of nitrogens with one attached hydrogen (secondary N) is 1. The van der Waals surface area contributed by atoms with Crippen LogP contribution in [0.2, 0.25) is 0 Å². The highest BCUT2D eigenvalue weighted by molar-refractivity contribution is 5.88. The van der Waals surface area contributed by atoms with Gasteiger partial charge in [-0.25, -0.2) is 0 Å². The first kappa shape index (κ1) is 16.6. The average Bonchev–Trinajstić information content (AvgIpc) is 2.79. The van der Waals surface area contributed by atoms with Crippen molar-refractivity contribution in [3.05, 3.63) is 35.1 Å². The lowest BCUT2D eigenvalue weighted by atomic mass is 9.95. The third kappa shape index (κ3) is 3.69. The SMILES string of the molecule is Cc1cc2occ(CC(=O)NC(C)CCO)c2cc1C(C)C. The molecule has 0 saturated heterocycles. The molecule has 0 bridgehead atoms. The highest BCUT2D eigenvalue weighted by atomic mass is 16.3. The van der Waals surface area contributed by atoms with Gasteiger partial charge in [0.25, 0.3) is 0 Å². The summed E-state index contributed by atoms with van der Waals surface area (Å²) in [5.74, 6) is 0.390. The zero-order valence-electron chi connectivity index (χ0n) is 13.8. The molecule has 4 heteroatoms. The van der Waals surface area contributed by atoms with Crippen molar-refractivity contribution in [1.29, 1.82) is 0 Å². The standard InChI is InChI=1S/C18H25NO3/c1-11(2)15-9-16-14(10-22-17(16)7-12(15)3)8-18(21)19-13(4)5-6-20/h7,9-11,13,20H,5-6,8H2,1-4H3,(H,19,21). The third-order valence-electron chi connectivity index (χ3n) is 3.98. The van der Waals surface area contributed by atoms with Crippen molar-refractivity contribution in [3.8, 4) is 0 Å². The van der Waals surface area contributed by atoms with Gasteiger partial charge in [0, 0.05) is 23.6 Å². The van der Waals surface area contributed by atoms with Gasteiger partial charge in [0.2, 0.25) is 5.91 Å². The maximum atomic E-state index is 12.1. The fraction of sp³-hybridized carbons (Fsp3) is 0.500. The molecule has 2 aromatic rings. The molecule has 1 unspecified atom stereocenters. The summed E-state index contributed by atoms with van der Waals surface area (Å²) in [6.07, 6.45) is 2.53. The Balaban J connectivity index is 2.21. The highest BCUT2D eigenvalue weighted by Crippen LogP contribution is 2.29. The van der Waals surface area contributed by atoms with Crippen molar-refractivity contribution in [2.24, 2.45) is 0 Å². The van der Waals surface area contributed by atoms with E-state index in [0.717, 1.165) is 16.5 Å². The number of carbonyl (C=O) groups is 1. The van der Waals surface area contributed by atoms with E-state index in [1.165, 1.54) is 11.1 Å². The van der Waals surface area contributed by atoms with Gasteiger partial charge in [-0.2, -0.15) is 0 Å². The molecule has 22 heavy (non-hydrogen) atoms. The molecule has 4 nitrogen and oxygen atoms in total. The number of hydrogen-bond donors (Lipinski definition) is 2. The molecule has 2 rings (SSSR count). The molecule has 1 aromatic carbocycles. The average molecular weight is 303 g/mol. The quantitative estimate of drug-likeness (QED) is 0.860. The molecule has 1 atom stereocenters. The summed E-state index contributed by atoms with van der Waals surface area (Å²) >= 11 is 0. The molecule has 0 spiro atoms. The minimum Gasteiger partial charge on any atom is -0.464 e. The van der Waals surface area contributed by atoms with Gasteiger partial charge in [-0.1, -0.05) is 13.8 Å². The second-order valence-electron chi connectivity index (χ2n) is 6.28. The molecule has 0 aliphatic heterocycles. The second-order valence-corrected chi connectivity index (χ2v) is 6.28. The van der Waals surface area contributed by atoms with Crippen LogP contribution in [0.3, 0.4) is 0 Å². The Morgan fingerprint density at radius 3 is 2.68 bits per heavy atom. The summed E-state index contributed by atoms with van der Waals surface area (Å²) in [4.78, 5) is 12.1. The van der Waals surface area contributed by atoms with Gasteiger partial charge in [0.15, 0.2) is 0 Å². The number of carbonyl (C=O) groups excluding carboxylic acids is 1. The maximum Gasteiger partial charge on any atom is 0.224 e. The van der Waals surface area contributed by atoms with E-state index in [4.69, 9.17) is 9.52 Å². The number of hydrogen-bond acceptors (Lipinski definition) is 3. The van der Waals surface area contributed by atoms with Crippen LogP contribution >= 0.6 is 0 Å². The zero-order valence-corrected chi connectivity index (χ0v) is 13.8. The molecule has 0 radical (unpaired) electrons. The van der Waals surface area contributed by atoms with E-state index in [1.807, 2.05) is 13.0 Å². The predicted octanol–water partition coefficient (Wildman–Crippen LogP) is 3.29. The molecule has 1 heterocycles. The third-order valence-corrected chi connectivity index (χ3v) is 3.98. The van der Waals surface area contributed by atoms with Gasteiger partial charge in [-0.3, -0.25) is 4.79 Å². The van der Waals surface area contributed by atoms with Gasteiger partial charge < -0.3 is 14.8 Å². The van der Waals surface area contributed by atoms with Gasteiger partial charge >= 0.3 is 0 Å². The smallest absolute Gasteiger partial charge is 0.224 e. The van der Waals surface area contributed by atoms with Crippen molar-refractivity contribution < 1.29 is 14.3 Å². The Hall–Kier alpha value is -1.81. The largest absolute Gasteiger partial charge is 0.464 e. The lowest BCUT2D eigenvalue weighted by Gasteiger charge is -2.12. The van der Waals surface area contributed by atoms with Crippen molar-refractivity contribution in [2.45, 2.75) is 52.5 Å². The molecule has 0 aliphatic carbocycles. The van der Waals surface area contributed by atoms with E-state index >= 15 is 0 Å². The number of amides is 1. The van der Waals surface area contributed by atoms with E-state index in [0.29, 0.717) is 18.8 Å². The number of aliphatic hydroxyl groups excluding tert-OH is 1. The lowest BCUT2D eigenvalue weighted by molar-refractivity contribution is -0.121. The fourth-order valence-corrected chi connectivity index (χ4v) is 2.77. The fourth-order valence-electron chi connectivity index (χ4n) is 2.77. The normalized spacial score (nSPS) is 12.8. The van der Waals surface area contributed by atoms with E-state index in [-0.39, 0.29) is 18.6 Å². The van der Waals surface area contributed by atoms with Gasteiger partial charge in [0.1, 0.15) is 5.58 Å². The summed E-state index contributed by atoms with van der Waals surface area (Å²) in [5, 5.41) is 12.8. The van der Waals surface area contributed by atoms with Crippen molar-refractivity contribution >= 4 is 16.9 Å². The van der Waals surface area contributed by atoms with Gasteiger partial charge in [-0.15, -0.1) is 0 Å². The molecule has 0 saturated carbocycles. The first-order valence-electron chi connectivity index (χ1n) is 7.83. The zero-order chi connectivity index (χ0) is 16.3. The first-order valence-corrected chi connectivity index (χ1v) is 7.83. The van der Waals surface area contributed by atoms with Crippen LogP contribution < -0.4 is 5.32 Å². The van der Waals surface area contributed by atoms with E-state index in [9.17, 15) is 4.79 Å². The van der Waals surface area contributed by atoms with E-state index in [1.54, 1.807) is 6.26 Å². The molecular weight excluding hydrogens is 278 g/mol. The van der Waals surface area contributed by atoms with E-state index in [2.05, 4.69) is 32.2 Å². The maximum absolute atomic E-state index is 12.1. The predicted molar refractivity (Wildman–Crippen MR) is 88.1 cm³/mol. The van der Waals surface area contributed by atoms with Crippen LogP contribution in [-0.2, 0) is 11.2 Å². The topological polar surface area (TPSA) is 62.5 Å². The molecule has 1 amide bonds. The lowest BCUT2D eigenvalue weighted by Crippen LogP contribution is -2.34. The van der Waals surface area contributed by atoms with Crippen LogP contribution in [0.4, 0.5) is 0 Å². The number of aliphatic hydroxyl groups is 1. The van der Waals surface area contributed by atoms with Crippen LogP contribution in [0.1, 0.15) is 49.8 Å². The van der Waals surface area contributed by atoms with E-state index < -0.39 is 0 Å². The number of benzene rings is 1. The molecular formula is C18H25NO3. The Labute approximate surface area is 131 Å². The minimum atomic E-state index is -0.0460. The van der Waals surface area contributed by atoms with Gasteiger partial charge in [-0.05, 0) is 49.4 Å². The summed E-state index contributed by atoms with van der Waals surface area (Å²) < 4.78 is 5.60. The Bertz CT molecular complexity index is 658. The van der Waals surface area contributed by atoms with Crippen LogP contribution in [-0.4, -0.2) is 23.7 Å². The number of furan rings is 1. The Morgan fingerprint density at radius 1 is 1.32 bits per heavy atom. The van der Waals surface area contributed by atoms with Crippen molar-refractivity contribution in [2.75, 3.05) is 6.61 Å². The van der Waals surface area contributed by atoms with Crippen molar-refractivity contribution in [1.82, 2.24) is 5.32 Å². The van der Waals surface area contributed by atoms with Crippen LogP contribution in [0, 0.1) is 6.92 Å². The first-order chi connectivity index (χ1) is 10.4. The Morgan fingerprint density at radius 2 is 2.05 bits per heavy atom. The number of rotatable bonds is 6. The Kier molecular flexibility index (Phi) is 5.24. The summed E-state index contributed by atoms with van der Waals surface area (Å²) in [6.45, 7) is 8.38. The molecule has 120 valence electrons. The van der Waals surface area contributed by atoms with Crippen LogP contribution in [0.25, 0.3) is 11.0 Å².